The van der Waals surface area contributed by atoms with Crippen LogP contribution in [0, 0.1) is 12.7 Å². The van der Waals surface area contributed by atoms with Crippen LogP contribution in [0.4, 0.5) is 9.18 Å². The smallest absolute Gasteiger partial charge is 0.409 e. The summed E-state index contributed by atoms with van der Waals surface area (Å²) in [5.74, 6) is -0.230. The third-order valence-electron chi connectivity index (χ3n) is 6.35. The van der Waals surface area contributed by atoms with Gasteiger partial charge in [-0.05, 0) is 43.4 Å². The lowest BCUT2D eigenvalue weighted by atomic mass is 9.92. The van der Waals surface area contributed by atoms with Crippen molar-refractivity contribution in [2.45, 2.75) is 64.6 Å². The molecule has 2 atom stereocenters. The van der Waals surface area contributed by atoms with E-state index >= 15 is 0 Å². The number of unbranched alkanes of at least 4 members (excludes halogenated alkanes) is 2. The highest BCUT2D eigenvalue weighted by Gasteiger charge is 2.25. The summed E-state index contributed by atoms with van der Waals surface area (Å²) < 4.78 is 31.9. The van der Waals surface area contributed by atoms with Gasteiger partial charge >= 0.3 is 6.09 Å². The highest BCUT2D eigenvalue weighted by molar-refractivity contribution is 5.69. The number of halogens is 1. The lowest BCUT2D eigenvalue weighted by molar-refractivity contribution is -0.0318. The number of hydrogen-bond donors (Lipinski definition) is 0. The van der Waals surface area contributed by atoms with E-state index in [9.17, 15) is 9.18 Å². The molecule has 1 aliphatic heterocycles. The molecule has 1 amide bonds. The second kappa shape index (κ2) is 13.4. The first-order valence-corrected chi connectivity index (χ1v) is 12.4. The lowest BCUT2D eigenvalue weighted by Crippen LogP contribution is -2.45. The van der Waals surface area contributed by atoms with Crippen LogP contribution in [0.15, 0.2) is 42.5 Å². The van der Waals surface area contributed by atoms with Crippen molar-refractivity contribution < 1.29 is 23.4 Å². The lowest BCUT2D eigenvalue weighted by Gasteiger charge is -2.32. The molecule has 0 spiro atoms. The van der Waals surface area contributed by atoms with Gasteiger partial charge in [0.2, 0.25) is 0 Å². The van der Waals surface area contributed by atoms with Crippen molar-refractivity contribution in [1.29, 1.82) is 0 Å². The van der Waals surface area contributed by atoms with Crippen LogP contribution in [0.5, 0.6) is 0 Å². The van der Waals surface area contributed by atoms with Crippen LogP contribution in [0.25, 0.3) is 11.1 Å². The summed E-state index contributed by atoms with van der Waals surface area (Å²) in [6.07, 6.45) is 4.99. The van der Waals surface area contributed by atoms with Crippen LogP contribution < -0.4 is 0 Å². The molecular weight excluding hydrogens is 433 g/mol. The summed E-state index contributed by atoms with van der Waals surface area (Å²) in [5.41, 5.74) is 3.46. The fourth-order valence-electron chi connectivity index (χ4n) is 4.47. The van der Waals surface area contributed by atoms with Crippen molar-refractivity contribution in [2.24, 2.45) is 0 Å². The molecule has 0 aliphatic carbocycles. The Kier molecular flexibility index (Phi) is 10.4. The van der Waals surface area contributed by atoms with Gasteiger partial charge in [0.05, 0.1) is 32.0 Å². The SMILES string of the molecule is CCCCOC(=O)N1CCOC(CCCCC(OC)c2cccc(F)c2-c2cccc(C)c2)C1. The van der Waals surface area contributed by atoms with E-state index in [1.807, 2.05) is 37.3 Å². The fraction of sp³-hybridized carbons (Fsp3) is 0.536. The quantitative estimate of drug-likeness (QED) is 0.343. The third-order valence-corrected chi connectivity index (χ3v) is 6.35. The summed E-state index contributed by atoms with van der Waals surface area (Å²) in [7, 11) is 1.68. The number of nitrogens with zero attached hydrogens (tertiary/aromatic N) is 1. The Bertz CT molecular complexity index is 919. The Balaban J connectivity index is 1.54. The van der Waals surface area contributed by atoms with E-state index in [2.05, 4.69) is 6.92 Å². The van der Waals surface area contributed by atoms with Crippen LogP contribution in [0.1, 0.15) is 62.7 Å². The average Bonchev–Trinajstić information content (AvgIpc) is 2.84. The van der Waals surface area contributed by atoms with E-state index in [0.29, 0.717) is 31.9 Å². The van der Waals surface area contributed by atoms with Gasteiger partial charge in [0.25, 0.3) is 0 Å². The first-order chi connectivity index (χ1) is 16.5. The number of ether oxygens (including phenoxy) is 3. The van der Waals surface area contributed by atoms with Gasteiger partial charge in [0.15, 0.2) is 0 Å². The highest BCUT2D eigenvalue weighted by atomic mass is 19.1. The molecule has 2 unspecified atom stereocenters. The number of hydrogen-bond acceptors (Lipinski definition) is 4. The molecule has 1 saturated heterocycles. The topological polar surface area (TPSA) is 48.0 Å². The molecular formula is C28H38FNO4. The van der Waals surface area contributed by atoms with E-state index in [1.165, 1.54) is 6.07 Å². The van der Waals surface area contributed by atoms with E-state index in [4.69, 9.17) is 14.2 Å². The number of aryl methyl sites for hydroxylation is 1. The zero-order valence-electron chi connectivity index (χ0n) is 20.7. The molecule has 186 valence electrons. The number of methoxy groups -OCH3 is 1. The summed E-state index contributed by atoms with van der Waals surface area (Å²) in [6.45, 7) is 6.24. The van der Waals surface area contributed by atoms with Crippen LogP contribution in [-0.4, -0.2) is 50.5 Å². The van der Waals surface area contributed by atoms with Crippen molar-refractivity contribution in [3.05, 3.63) is 59.4 Å². The standard InChI is InChI=1S/C28H38FNO4/c1-4-5-17-34-28(31)30-16-18-33-23(20-30)12-6-7-15-26(32-3)24-13-9-14-25(29)27(24)22-11-8-10-21(2)19-22/h8-11,13-14,19,23,26H,4-7,12,15-18,20H2,1-3H3. The first kappa shape index (κ1) is 26.2. The molecule has 1 aliphatic rings. The van der Waals surface area contributed by atoms with Gasteiger partial charge in [-0.3, -0.25) is 0 Å². The zero-order chi connectivity index (χ0) is 24.3. The second-order valence-electron chi connectivity index (χ2n) is 8.99. The molecule has 0 radical (unpaired) electrons. The molecule has 6 heteroatoms. The Morgan fingerprint density at radius 3 is 2.79 bits per heavy atom. The molecule has 0 bridgehead atoms. The first-order valence-electron chi connectivity index (χ1n) is 12.4. The van der Waals surface area contributed by atoms with E-state index in [1.54, 1.807) is 18.1 Å². The molecule has 0 saturated carbocycles. The second-order valence-corrected chi connectivity index (χ2v) is 8.99. The summed E-state index contributed by atoms with van der Waals surface area (Å²) in [6, 6.07) is 13.1. The molecule has 3 rings (SSSR count). The van der Waals surface area contributed by atoms with Gasteiger partial charge in [0.1, 0.15) is 5.82 Å². The molecule has 0 aromatic heterocycles. The maximum Gasteiger partial charge on any atom is 0.409 e. The number of morpholine rings is 1. The zero-order valence-corrected chi connectivity index (χ0v) is 20.7. The third kappa shape index (κ3) is 7.28. The number of carbonyl (C=O) groups excluding carboxylic acids is 1. The number of benzene rings is 2. The minimum absolute atomic E-state index is 0.0190. The molecule has 34 heavy (non-hydrogen) atoms. The van der Waals surface area contributed by atoms with E-state index in [0.717, 1.165) is 55.2 Å². The van der Waals surface area contributed by atoms with Gasteiger partial charge in [-0.25, -0.2) is 9.18 Å². The van der Waals surface area contributed by atoms with Gasteiger partial charge in [0, 0.05) is 19.2 Å². The normalized spacial score (nSPS) is 16.9. The van der Waals surface area contributed by atoms with Crippen LogP contribution in [0.2, 0.25) is 0 Å². The maximum absolute atomic E-state index is 14.9. The Hall–Kier alpha value is -2.44. The summed E-state index contributed by atoms with van der Waals surface area (Å²) in [5, 5.41) is 0. The molecule has 5 nitrogen and oxygen atoms in total. The Morgan fingerprint density at radius 1 is 1.21 bits per heavy atom. The summed E-state index contributed by atoms with van der Waals surface area (Å²) >= 11 is 0. The molecule has 2 aromatic carbocycles. The average molecular weight is 472 g/mol. The predicted molar refractivity (Wildman–Crippen MR) is 132 cm³/mol. The van der Waals surface area contributed by atoms with Crippen molar-refractivity contribution in [1.82, 2.24) is 4.90 Å². The maximum atomic E-state index is 14.9. The van der Waals surface area contributed by atoms with Crippen molar-refractivity contribution in [3.8, 4) is 11.1 Å². The minimum atomic E-state index is -0.240. The predicted octanol–water partition coefficient (Wildman–Crippen LogP) is 6.69. The molecule has 1 fully saturated rings. The largest absolute Gasteiger partial charge is 0.449 e. The number of amides is 1. The monoisotopic (exact) mass is 471 g/mol. The van der Waals surface area contributed by atoms with Crippen LogP contribution in [0.3, 0.4) is 0 Å². The van der Waals surface area contributed by atoms with Crippen molar-refractivity contribution >= 4 is 6.09 Å². The molecule has 0 N–H and O–H groups in total. The van der Waals surface area contributed by atoms with Gasteiger partial charge in [-0.15, -0.1) is 0 Å². The van der Waals surface area contributed by atoms with E-state index < -0.39 is 0 Å². The van der Waals surface area contributed by atoms with Gasteiger partial charge in [-0.1, -0.05) is 68.1 Å². The summed E-state index contributed by atoms with van der Waals surface area (Å²) in [4.78, 5) is 14.0. The fourth-order valence-corrected chi connectivity index (χ4v) is 4.47. The van der Waals surface area contributed by atoms with Gasteiger partial charge in [-0.2, -0.15) is 0 Å². The van der Waals surface area contributed by atoms with Crippen LogP contribution >= 0.6 is 0 Å². The Labute approximate surface area is 203 Å². The highest BCUT2D eigenvalue weighted by Crippen LogP contribution is 2.35. The van der Waals surface area contributed by atoms with Crippen LogP contribution in [-0.2, 0) is 14.2 Å². The molecule has 2 aromatic rings. The molecule has 1 heterocycles. The number of rotatable bonds is 11. The van der Waals surface area contributed by atoms with Crippen molar-refractivity contribution in [2.75, 3.05) is 33.4 Å². The van der Waals surface area contributed by atoms with Crippen molar-refractivity contribution in [3.63, 3.8) is 0 Å². The van der Waals surface area contributed by atoms with E-state index in [-0.39, 0.29) is 24.1 Å². The minimum Gasteiger partial charge on any atom is -0.449 e. The number of carbonyl (C=O) groups is 1. The Morgan fingerprint density at radius 2 is 2.03 bits per heavy atom. The van der Waals surface area contributed by atoms with Gasteiger partial charge < -0.3 is 19.1 Å².